The van der Waals surface area contributed by atoms with Gasteiger partial charge in [-0.05, 0) is 17.5 Å². The highest BCUT2D eigenvalue weighted by atomic mass is 32.1. The van der Waals surface area contributed by atoms with Crippen LogP contribution in [0.4, 0.5) is 5.69 Å². The Bertz CT molecular complexity index is 767. The molecule has 0 aliphatic carbocycles. The molecule has 8 heteroatoms. The van der Waals surface area contributed by atoms with E-state index in [0.717, 1.165) is 0 Å². The number of amides is 2. The summed E-state index contributed by atoms with van der Waals surface area (Å²) in [5.41, 5.74) is -0.111. The maximum atomic E-state index is 12.6. The third-order valence-corrected chi connectivity index (χ3v) is 4.78. The average molecular weight is 345 g/mol. The molecule has 0 saturated carbocycles. The number of carbonyl (C=O) groups excluding carboxylic acids is 2. The van der Waals surface area contributed by atoms with Gasteiger partial charge in [-0.25, -0.2) is 0 Å². The lowest BCUT2D eigenvalue weighted by Gasteiger charge is -2.34. The standard InChI is InChI=1S/C16H15N3O4S/c20-15(12-4-1-2-5-13(12)19(22)23)17-7-9-18(10-8-17)16(21)14-6-3-11-24-14/h1-6,11H,7-10H2. The molecule has 0 bridgehead atoms. The average Bonchev–Trinajstić information content (AvgIpc) is 3.15. The SMILES string of the molecule is O=C(c1cccs1)N1CCN(C(=O)c2ccccc2[N+](=O)[O-])CC1. The van der Waals surface area contributed by atoms with Gasteiger partial charge in [0.15, 0.2) is 0 Å². The second-order valence-electron chi connectivity index (χ2n) is 5.34. The Labute approximate surface area is 142 Å². The lowest BCUT2D eigenvalue weighted by molar-refractivity contribution is -0.385. The first-order valence-electron chi connectivity index (χ1n) is 7.43. The molecule has 24 heavy (non-hydrogen) atoms. The zero-order valence-electron chi connectivity index (χ0n) is 12.8. The molecule has 124 valence electrons. The number of nitro groups is 1. The van der Waals surface area contributed by atoms with E-state index < -0.39 is 4.92 Å². The number of hydrogen-bond acceptors (Lipinski definition) is 5. The minimum absolute atomic E-state index is 0.0391. The monoisotopic (exact) mass is 345 g/mol. The molecule has 7 nitrogen and oxygen atoms in total. The number of benzene rings is 1. The molecule has 3 rings (SSSR count). The van der Waals surface area contributed by atoms with Crippen LogP contribution in [0.5, 0.6) is 0 Å². The summed E-state index contributed by atoms with van der Waals surface area (Å²) in [5.74, 6) is -0.409. The fourth-order valence-corrected chi connectivity index (χ4v) is 3.34. The number of nitrogens with zero attached hydrogens (tertiary/aromatic N) is 3. The molecule has 1 aliphatic rings. The van der Waals surface area contributed by atoms with Crippen molar-refractivity contribution in [3.05, 3.63) is 62.3 Å². The highest BCUT2D eigenvalue weighted by molar-refractivity contribution is 7.12. The first-order chi connectivity index (χ1) is 11.6. The normalized spacial score (nSPS) is 14.5. The van der Waals surface area contributed by atoms with Crippen molar-refractivity contribution < 1.29 is 14.5 Å². The summed E-state index contributed by atoms with van der Waals surface area (Å²) in [6, 6.07) is 9.53. The minimum Gasteiger partial charge on any atom is -0.335 e. The van der Waals surface area contributed by atoms with Crippen LogP contribution >= 0.6 is 11.3 Å². The summed E-state index contributed by atoms with van der Waals surface area (Å²) in [4.78, 5) is 39.3. The van der Waals surface area contributed by atoms with Gasteiger partial charge in [0.25, 0.3) is 17.5 Å². The Kier molecular flexibility index (Phi) is 4.57. The van der Waals surface area contributed by atoms with Crippen molar-refractivity contribution in [2.75, 3.05) is 26.2 Å². The van der Waals surface area contributed by atoms with Crippen molar-refractivity contribution >= 4 is 28.8 Å². The van der Waals surface area contributed by atoms with Crippen LogP contribution < -0.4 is 0 Å². The summed E-state index contributed by atoms with van der Waals surface area (Å²) in [5, 5.41) is 12.9. The number of thiophene rings is 1. The molecule has 1 saturated heterocycles. The fraction of sp³-hybridized carbons (Fsp3) is 0.250. The molecule has 2 amide bonds. The molecule has 1 aliphatic heterocycles. The van der Waals surface area contributed by atoms with Crippen LogP contribution in [0.15, 0.2) is 41.8 Å². The van der Waals surface area contributed by atoms with Crippen LogP contribution in [0.2, 0.25) is 0 Å². The highest BCUT2D eigenvalue weighted by Crippen LogP contribution is 2.21. The Hall–Kier alpha value is -2.74. The molecule has 2 aromatic rings. The zero-order chi connectivity index (χ0) is 17.1. The van der Waals surface area contributed by atoms with E-state index in [-0.39, 0.29) is 23.1 Å². The molecule has 2 heterocycles. The highest BCUT2D eigenvalue weighted by Gasteiger charge is 2.29. The van der Waals surface area contributed by atoms with E-state index in [2.05, 4.69) is 0 Å². The number of para-hydroxylation sites is 1. The van der Waals surface area contributed by atoms with E-state index in [9.17, 15) is 19.7 Å². The van der Waals surface area contributed by atoms with Crippen LogP contribution in [0.3, 0.4) is 0 Å². The molecule has 0 unspecified atom stereocenters. The molecule has 1 fully saturated rings. The summed E-state index contributed by atoms with van der Waals surface area (Å²) in [6.07, 6.45) is 0. The third-order valence-electron chi connectivity index (χ3n) is 3.92. The van der Waals surface area contributed by atoms with E-state index in [1.54, 1.807) is 21.9 Å². The largest absolute Gasteiger partial charge is 0.335 e. The summed E-state index contributed by atoms with van der Waals surface area (Å²) >= 11 is 1.39. The second kappa shape index (κ2) is 6.79. The number of carbonyl (C=O) groups is 2. The van der Waals surface area contributed by atoms with Gasteiger partial charge in [0.2, 0.25) is 0 Å². The number of hydrogen-bond donors (Lipinski definition) is 0. The maximum absolute atomic E-state index is 12.6. The van der Waals surface area contributed by atoms with Crippen molar-refractivity contribution in [2.24, 2.45) is 0 Å². The summed E-state index contributed by atoms with van der Waals surface area (Å²) in [7, 11) is 0. The van der Waals surface area contributed by atoms with Gasteiger partial charge in [-0.15, -0.1) is 11.3 Å². The smallest absolute Gasteiger partial charge is 0.282 e. The zero-order valence-corrected chi connectivity index (χ0v) is 13.6. The second-order valence-corrected chi connectivity index (χ2v) is 6.28. The first-order valence-corrected chi connectivity index (χ1v) is 8.31. The molecule has 1 aromatic carbocycles. The van der Waals surface area contributed by atoms with Gasteiger partial charge in [0.05, 0.1) is 9.80 Å². The van der Waals surface area contributed by atoms with Gasteiger partial charge in [0, 0.05) is 32.2 Å². The predicted molar refractivity (Wildman–Crippen MR) is 89.2 cm³/mol. The van der Waals surface area contributed by atoms with Crippen molar-refractivity contribution in [3.63, 3.8) is 0 Å². The molecule has 0 radical (unpaired) electrons. The molecule has 0 N–H and O–H groups in total. The van der Waals surface area contributed by atoms with Gasteiger partial charge < -0.3 is 9.80 Å². The van der Waals surface area contributed by atoms with Gasteiger partial charge in [-0.2, -0.15) is 0 Å². The minimum atomic E-state index is -0.552. The predicted octanol–water partition coefficient (Wildman–Crippen LogP) is 2.25. The summed E-state index contributed by atoms with van der Waals surface area (Å²) < 4.78 is 0. The van der Waals surface area contributed by atoms with Gasteiger partial charge in [0.1, 0.15) is 5.56 Å². The molecular weight excluding hydrogens is 330 g/mol. The maximum Gasteiger partial charge on any atom is 0.282 e. The summed E-state index contributed by atoms with van der Waals surface area (Å²) in [6.45, 7) is 1.57. The Morgan fingerprint density at radius 1 is 0.958 bits per heavy atom. The van der Waals surface area contributed by atoms with Crippen molar-refractivity contribution in [2.45, 2.75) is 0 Å². The van der Waals surface area contributed by atoms with Crippen molar-refractivity contribution in [1.29, 1.82) is 0 Å². The van der Waals surface area contributed by atoms with Crippen LogP contribution in [0.25, 0.3) is 0 Å². The van der Waals surface area contributed by atoms with Gasteiger partial charge in [-0.1, -0.05) is 18.2 Å². The lowest BCUT2D eigenvalue weighted by Crippen LogP contribution is -2.50. The third kappa shape index (κ3) is 3.13. The van der Waals surface area contributed by atoms with Gasteiger partial charge in [-0.3, -0.25) is 19.7 Å². The van der Waals surface area contributed by atoms with Crippen LogP contribution in [-0.4, -0.2) is 52.7 Å². The first kappa shape index (κ1) is 16.1. The Balaban J connectivity index is 1.68. The van der Waals surface area contributed by atoms with E-state index in [4.69, 9.17) is 0 Å². The van der Waals surface area contributed by atoms with E-state index in [0.29, 0.717) is 31.1 Å². The number of nitro benzene ring substituents is 1. The van der Waals surface area contributed by atoms with Crippen LogP contribution in [-0.2, 0) is 0 Å². The van der Waals surface area contributed by atoms with E-state index in [1.807, 2.05) is 11.4 Å². The molecule has 0 atom stereocenters. The molecule has 1 aromatic heterocycles. The van der Waals surface area contributed by atoms with E-state index in [1.165, 1.54) is 29.5 Å². The van der Waals surface area contributed by atoms with E-state index >= 15 is 0 Å². The Morgan fingerprint density at radius 2 is 1.58 bits per heavy atom. The van der Waals surface area contributed by atoms with Crippen molar-refractivity contribution in [3.8, 4) is 0 Å². The van der Waals surface area contributed by atoms with Gasteiger partial charge >= 0.3 is 0 Å². The number of piperazine rings is 1. The van der Waals surface area contributed by atoms with Crippen LogP contribution in [0.1, 0.15) is 20.0 Å². The quantitative estimate of drug-likeness (QED) is 0.631. The van der Waals surface area contributed by atoms with Crippen LogP contribution in [0, 0.1) is 10.1 Å². The lowest BCUT2D eigenvalue weighted by atomic mass is 10.1. The van der Waals surface area contributed by atoms with Crippen molar-refractivity contribution in [1.82, 2.24) is 9.80 Å². The number of rotatable bonds is 3. The topological polar surface area (TPSA) is 83.8 Å². The fourth-order valence-electron chi connectivity index (χ4n) is 2.65. The molecule has 0 spiro atoms. The Morgan fingerprint density at radius 3 is 2.17 bits per heavy atom. The molecular formula is C16H15N3O4S.